The Balaban J connectivity index is 1.84. The number of phenols is 1. The van der Waals surface area contributed by atoms with Crippen molar-refractivity contribution >= 4 is 0 Å². The zero-order valence-electron chi connectivity index (χ0n) is 11.7. The number of aromatic hydroxyl groups is 1. The smallest absolute Gasteiger partial charge is 0.257 e. The lowest BCUT2D eigenvalue weighted by molar-refractivity contribution is 0.108. The summed E-state index contributed by atoms with van der Waals surface area (Å²) < 4.78 is 5.34. The Labute approximate surface area is 117 Å². The summed E-state index contributed by atoms with van der Waals surface area (Å²) in [6, 6.07) is 6.91. The fraction of sp³-hybridized carbons (Fsp3) is 0.429. The van der Waals surface area contributed by atoms with E-state index in [0.717, 1.165) is 25.2 Å². The Morgan fingerprint density at radius 1 is 1.20 bits per heavy atom. The molecule has 0 saturated carbocycles. The Morgan fingerprint density at radius 2 is 1.95 bits per heavy atom. The number of benzene rings is 1. The Hall–Kier alpha value is -1.92. The number of nitrogens with zero attached hydrogens (tertiary/aromatic N) is 4. The number of phenolic OH excluding ortho intramolecular Hbond substituents is 1. The lowest BCUT2D eigenvalue weighted by Gasteiger charge is -2.35. The molecule has 6 heteroatoms. The van der Waals surface area contributed by atoms with Gasteiger partial charge in [0.2, 0.25) is 0 Å². The van der Waals surface area contributed by atoms with Gasteiger partial charge in [-0.25, -0.2) is 0 Å². The Bertz CT molecular complexity index is 581. The van der Waals surface area contributed by atoms with Crippen molar-refractivity contribution in [2.24, 2.45) is 0 Å². The lowest BCUT2D eigenvalue weighted by atomic mass is 10.1. The number of likely N-dealkylation sites (N-methyl/N-ethyl adjacent to an activating group) is 2. The molecule has 1 fully saturated rings. The average Bonchev–Trinajstić information content (AvgIpc) is 2.92. The highest BCUT2D eigenvalue weighted by Crippen LogP contribution is 2.25. The molecule has 0 amide bonds. The molecule has 1 atom stereocenters. The van der Waals surface area contributed by atoms with E-state index in [2.05, 4.69) is 34.0 Å². The summed E-state index contributed by atoms with van der Waals surface area (Å²) >= 11 is 0. The quantitative estimate of drug-likeness (QED) is 0.892. The van der Waals surface area contributed by atoms with Crippen molar-refractivity contribution in [1.82, 2.24) is 19.9 Å². The monoisotopic (exact) mass is 274 g/mol. The van der Waals surface area contributed by atoms with Crippen LogP contribution in [-0.2, 0) is 0 Å². The molecule has 0 aliphatic carbocycles. The van der Waals surface area contributed by atoms with Crippen LogP contribution in [-0.4, -0.2) is 58.8 Å². The molecule has 1 N–H and O–H groups in total. The van der Waals surface area contributed by atoms with Crippen LogP contribution >= 0.6 is 0 Å². The number of piperazine rings is 1. The van der Waals surface area contributed by atoms with Gasteiger partial charge in [0.1, 0.15) is 5.75 Å². The highest BCUT2D eigenvalue weighted by molar-refractivity contribution is 5.54. The number of rotatable bonds is 2. The molecular formula is C14H18N4O2. The average molecular weight is 274 g/mol. The van der Waals surface area contributed by atoms with Crippen LogP contribution in [0.3, 0.4) is 0 Å². The third kappa shape index (κ3) is 2.52. The molecule has 3 rings (SSSR count). The summed E-state index contributed by atoms with van der Waals surface area (Å²) in [7, 11) is 4.18. The van der Waals surface area contributed by atoms with Gasteiger partial charge in [0.25, 0.3) is 5.89 Å². The fourth-order valence-electron chi connectivity index (χ4n) is 2.38. The summed E-state index contributed by atoms with van der Waals surface area (Å²) in [5.74, 6) is 1.42. The first-order valence-electron chi connectivity index (χ1n) is 6.65. The second kappa shape index (κ2) is 5.22. The molecule has 2 heterocycles. The van der Waals surface area contributed by atoms with Crippen LogP contribution in [0.1, 0.15) is 11.9 Å². The van der Waals surface area contributed by atoms with Gasteiger partial charge in [-0.1, -0.05) is 5.16 Å². The van der Waals surface area contributed by atoms with Gasteiger partial charge < -0.3 is 14.5 Å². The molecule has 106 valence electrons. The van der Waals surface area contributed by atoms with Crippen LogP contribution in [0.15, 0.2) is 28.8 Å². The lowest BCUT2D eigenvalue weighted by Crippen LogP contribution is -2.45. The van der Waals surface area contributed by atoms with Gasteiger partial charge in [-0.3, -0.25) is 4.90 Å². The largest absolute Gasteiger partial charge is 0.508 e. The van der Waals surface area contributed by atoms with Crippen LogP contribution in [0.4, 0.5) is 0 Å². The van der Waals surface area contributed by atoms with Gasteiger partial charge in [0, 0.05) is 25.2 Å². The zero-order valence-corrected chi connectivity index (χ0v) is 11.7. The van der Waals surface area contributed by atoms with E-state index in [1.807, 2.05) is 0 Å². The minimum absolute atomic E-state index is 0.156. The number of hydrogen-bond acceptors (Lipinski definition) is 6. The standard InChI is InChI=1S/C14H18N4O2/c1-17-7-8-18(2)12(9-17)13-15-14(20-16-13)10-3-5-11(19)6-4-10/h3-6,12,19H,7-9H2,1-2H3. The van der Waals surface area contributed by atoms with Gasteiger partial charge in [-0.2, -0.15) is 4.98 Å². The first kappa shape index (κ1) is 13.1. The van der Waals surface area contributed by atoms with Crippen molar-refractivity contribution in [3.8, 4) is 17.2 Å². The van der Waals surface area contributed by atoms with E-state index in [0.29, 0.717) is 11.7 Å². The molecule has 2 aromatic rings. The molecule has 0 spiro atoms. The molecule has 6 nitrogen and oxygen atoms in total. The maximum absolute atomic E-state index is 9.30. The molecule has 1 saturated heterocycles. The second-order valence-electron chi connectivity index (χ2n) is 5.26. The predicted molar refractivity (Wildman–Crippen MR) is 74.3 cm³/mol. The van der Waals surface area contributed by atoms with E-state index in [1.165, 1.54) is 0 Å². The summed E-state index contributed by atoms with van der Waals surface area (Å²) in [6.07, 6.45) is 0. The van der Waals surface area contributed by atoms with Gasteiger partial charge in [-0.15, -0.1) is 0 Å². The van der Waals surface area contributed by atoms with E-state index in [1.54, 1.807) is 24.3 Å². The molecule has 1 aromatic heterocycles. The van der Waals surface area contributed by atoms with E-state index >= 15 is 0 Å². The second-order valence-corrected chi connectivity index (χ2v) is 5.26. The third-order valence-electron chi connectivity index (χ3n) is 3.71. The van der Waals surface area contributed by atoms with Gasteiger partial charge in [-0.05, 0) is 38.4 Å². The SMILES string of the molecule is CN1CCN(C)C(c2noc(-c3ccc(O)cc3)n2)C1. The molecule has 20 heavy (non-hydrogen) atoms. The van der Waals surface area contributed by atoms with Crippen LogP contribution in [0, 0.1) is 0 Å². The first-order chi connectivity index (χ1) is 9.63. The van der Waals surface area contributed by atoms with Gasteiger partial charge in [0.05, 0.1) is 6.04 Å². The van der Waals surface area contributed by atoms with E-state index in [9.17, 15) is 5.11 Å². The van der Waals surface area contributed by atoms with Crippen molar-refractivity contribution < 1.29 is 9.63 Å². The van der Waals surface area contributed by atoms with Gasteiger partial charge >= 0.3 is 0 Å². The molecule has 1 unspecified atom stereocenters. The maximum atomic E-state index is 9.30. The zero-order chi connectivity index (χ0) is 14.1. The number of aromatic nitrogens is 2. The van der Waals surface area contributed by atoms with Crippen LogP contribution in [0.2, 0.25) is 0 Å². The minimum Gasteiger partial charge on any atom is -0.508 e. The summed E-state index contributed by atoms with van der Waals surface area (Å²) in [5, 5.41) is 13.4. The Morgan fingerprint density at radius 3 is 2.70 bits per heavy atom. The summed E-state index contributed by atoms with van der Waals surface area (Å²) in [6.45, 7) is 2.94. The molecular weight excluding hydrogens is 256 g/mol. The highest BCUT2D eigenvalue weighted by Gasteiger charge is 2.28. The topological polar surface area (TPSA) is 65.6 Å². The van der Waals surface area contributed by atoms with Crippen LogP contribution in [0.25, 0.3) is 11.5 Å². The maximum Gasteiger partial charge on any atom is 0.257 e. The van der Waals surface area contributed by atoms with Crippen molar-refractivity contribution in [2.75, 3.05) is 33.7 Å². The van der Waals surface area contributed by atoms with Crippen molar-refractivity contribution in [3.63, 3.8) is 0 Å². The van der Waals surface area contributed by atoms with Gasteiger partial charge in [0.15, 0.2) is 5.82 Å². The predicted octanol–water partition coefficient (Wildman–Crippen LogP) is 1.36. The molecule has 0 bridgehead atoms. The van der Waals surface area contributed by atoms with Crippen molar-refractivity contribution in [3.05, 3.63) is 30.1 Å². The van der Waals surface area contributed by atoms with Crippen molar-refractivity contribution in [2.45, 2.75) is 6.04 Å². The van der Waals surface area contributed by atoms with E-state index in [4.69, 9.17) is 4.52 Å². The first-order valence-corrected chi connectivity index (χ1v) is 6.65. The molecule has 0 radical (unpaired) electrons. The molecule has 1 aliphatic heterocycles. The minimum atomic E-state index is 0.156. The fourth-order valence-corrected chi connectivity index (χ4v) is 2.38. The highest BCUT2D eigenvalue weighted by atomic mass is 16.5. The van der Waals surface area contributed by atoms with E-state index in [-0.39, 0.29) is 11.8 Å². The normalized spacial score (nSPS) is 21.2. The van der Waals surface area contributed by atoms with Crippen molar-refractivity contribution in [1.29, 1.82) is 0 Å². The number of hydrogen-bond donors (Lipinski definition) is 1. The summed E-state index contributed by atoms with van der Waals surface area (Å²) in [4.78, 5) is 9.00. The van der Waals surface area contributed by atoms with E-state index < -0.39 is 0 Å². The molecule has 1 aromatic carbocycles. The summed E-state index contributed by atoms with van der Waals surface area (Å²) in [5.41, 5.74) is 0.813. The van der Waals surface area contributed by atoms with Crippen LogP contribution in [0.5, 0.6) is 5.75 Å². The molecule has 1 aliphatic rings. The third-order valence-corrected chi connectivity index (χ3v) is 3.71. The van der Waals surface area contributed by atoms with Crippen LogP contribution < -0.4 is 0 Å². The Kier molecular flexibility index (Phi) is 3.42.